The molecule has 3 heteroatoms. The van der Waals surface area contributed by atoms with Crippen molar-refractivity contribution in [3.8, 4) is 5.75 Å². The largest absolute Gasteiger partial charge is 0.508 e. The van der Waals surface area contributed by atoms with Gasteiger partial charge in [0.05, 0.1) is 12.7 Å². The molecule has 3 nitrogen and oxygen atoms in total. The molecule has 1 aromatic carbocycles. The number of nitrogens with one attached hydrogen (secondary N) is 1. The van der Waals surface area contributed by atoms with Crippen LogP contribution in [0, 0.1) is 0 Å². The first-order chi connectivity index (χ1) is 7.34. The minimum absolute atomic E-state index is 0.306. The van der Waals surface area contributed by atoms with E-state index in [-0.39, 0.29) is 0 Å². The summed E-state index contributed by atoms with van der Waals surface area (Å²) in [5.74, 6) is 0.306. The number of ether oxygens (including phenoxy) is 1. The van der Waals surface area contributed by atoms with E-state index in [2.05, 4.69) is 5.32 Å². The Labute approximate surface area is 90.1 Å². The molecule has 0 saturated carbocycles. The first-order valence-corrected chi connectivity index (χ1v) is 5.45. The average Bonchev–Trinajstić information content (AvgIpc) is 2.30. The fraction of sp³-hybridized carbons (Fsp3) is 0.500. The molecule has 1 saturated heterocycles. The van der Waals surface area contributed by atoms with E-state index in [1.807, 2.05) is 12.1 Å². The number of hydrogen-bond donors (Lipinski definition) is 2. The van der Waals surface area contributed by atoms with Gasteiger partial charge in [-0.25, -0.2) is 0 Å². The molecule has 2 N–H and O–H groups in total. The zero-order valence-electron chi connectivity index (χ0n) is 8.78. The molecule has 0 aromatic heterocycles. The summed E-state index contributed by atoms with van der Waals surface area (Å²) < 4.78 is 5.79. The Kier molecular flexibility index (Phi) is 3.59. The minimum atomic E-state index is 0.306. The Bertz CT molecular complexity index is 291. The quantitative estimate of drug-likeness (QED) is 0.792. The third-order valence-corrected chi connectivity index (χ3v) is 2.71. The number of benzene rings is 1. The molecule has 1 aliphatic heterocycles. The van der Waals surface area contributed by atoms with Gasteiger partial charge in [0.2, 0.25) is 0 Å². The number of piperidine rings is 1. The Morgan fingerprint density at radius 1 is 1.20 bits per heavy atom. The van der Waals surface area contributed by atoms with Gasteiger partial charge in [0.25, 0.3) is 0 Å². The lowest BCUT2D eigenvalue weighted by atomic mass is 10.1. The molecule has 2 rings (SSSR count). The van der Waals surface area contributed by atoms with Crippen LogP contribution in [0.25, 0.3) is 0 Å². The van der Waals surface area contributed by atoms with Crippen molar-refractivity contribution in [3.05, 3.63) is 29.8 Å². The Balaban J connectivity index is 1.79. The number of phenolic OH excluding ortho intramolecular Hbond substituents is 1. The van der Waals surface area contributed by atoms with Crippen molar-refractivity contribution >= 4 is 0 Å². The molecule has 0 spiro atoms. The van der Waals surface area contributed by atoms with Gasteiger partial charge in [-0.05, 0) is 43.6 Å². The number of aromatic hydroxyl groups is 1. The Morgan fingerprint density at radius 2 is 1.87 bits per heavy atom. The molecule has 0 aliphatic carbocycles. The van der Waals surface area contributed by atoms with Crippen LogP contribution in [0.1, 0.15) is 18.4 Å². The van der Waals surface area contributed by atoms with Crippen molar-refractivity contribution in [2.45, 2.75) is 25.6 Å². The van der Waals surface area contributed by atoms with Crippen LogP contribution in [-0.4, -0.2) is 24.3 Å². The summed E-state index contributed by atoms with van der Waals surface area (Å²) in [4.78, 5) is 0. The third kappa shape index (κ3) is 3.22. The van der Waals surface area contributed by atoms with E-state index >= 15 is 0 Å². The van der Waals surface area contributed by atoms with Crippen LogP contribution >= 0.6 is 0 Å². The molecule has 0 bridgehead atoms. The summed E-state index contributed by atoms with van der Waals surface area (Å²) in [6.07, 6.45) is 2.58. The molecule has 82 valence electrons. The lowest BCUT2D eigenvalue weighted by Crippen LogP contribution is -2.32. The summed E-state index contributed by atoms with van der Waals surface area (Å²) in [5.41, 5.74) is 1.12. The topological polar surface area (TPSA) is 41.5 Å². The van der Waals surface area contributed by atoms with Crippen LogP contribution < -0.4 is 5.32 Å². The third-order valence-electron chi connectivity index (χ3n) is 2.71. The second-order valence-electron chi connectivity index (χ2n) is 3.93. The Morgan fingerprint density at radius 3 is 2.53 bits per heavy atom. The van der Waals surface area contributed by atoms with E-state index in [4.69, 9.17) is 9.84 Å². The van der Waals surface area contributed by atoms with E-state index in [1.54, 1.807) is 12.1 Å². The summed E-state index contributed by atoms with van der Waals surface area (Å²) in [7, 11) is 0. The minimum Gasteiger partial charge on any atom is -0.508 e. The number of rotatable bonds is 3. The maximum atomic E-state index is 9.12. The lowest BCUT2D eigenvalue weighted by molar-refractivity contribution is 0.0212. The predicted octanol–water partition coefficient (Wildman–Crippen LogP) is 1.66. The van der Waals surface area contributed by atoms with Gasteiger partial charge in [-0.1, -0.05) is 12.1 Å². The fourth-order valence-corrected chi connectivity index (χ4v) is 1.77. The molecule has 0 atom stereocenters. The van der Waals surface area contributed by atoms with Crippen molar-refractivity contribution in [3.63, 3.8) is 0 Å². The van der Waals surface area contributed by atoms with E-state index in [0.717, 1.165) is 31.5 Å². The van der Waals surface area contributed by atoms with Crippen molar-refractivity contribution in [2.24, 2.45) is 0 Å². The second kappa shape index (κ2) is 5.14. The van der Waals surface area contributed by atoms with Gasteiger partial charge in [0.15, 0.2) is 0 Å². The monoisotopic (exact) mass is 207 g/mol. The Hall–Kier alpha value is -1.06. The van der Waals surface area contributed by atoms with E-state index in [9.17, 15) is 0 Å². The first kappa shape index (κ1) is 10.5. The highest BCUT2D eigenvalue weighted by atomic mass is 16.5. The molecular weight excluding hydrogens is 190 g/mol. The molecule has 0 radical (unpaired) electrons. The highest BCUT2D eigenvalue weighted by Crippen LogP contribution is 2.13. The highest BCUT2D eigenvalue weighted by molar-refractivity contribution is 5.25. The summed E-state index contributed by atoms with van der Waals surface area (Å²) in [6, 6.07) is 7.19. The van der Waals surface area contributed by atoms with Gasteiger partial charge in [0.1, 0.15) is 5.75 Å². The normalized spacial score (nSPS) is 17.9. The maximum Gasteiger partial charge on any atom is 0.115 e. The van der Waals surface area contributed by atoms with Crippen LogP contribution in [0.3, 0.4) is 0 Å². The molecule has 15 heavy (non-hydrogen) atoms. The first-order valence-electron chi connectivity index (χ1n) is 5.45. The SMILES string of the molecule is Oc1ccc(COC2CCNCC2)cc1. The van der Waals surface area contributed by atoms with Crippen LogP contribution in [0.2, 0.25) is 0 Å². The standard InChI is InChI=1S/C12H17NO2/c14-11-3-1-10(2-4-11)9-15-12-5-7-13-8-6-12/h1-4,12-14H,5-9H2. The maximum absolute atomic E-state index is 9.12. The average molecular weight is 207 g/mol. The number of phenols is 1. The molecular formula is C12H17NO2. The molecule has 1 heterocycles. The lowest BCUT2D eigenvalue weighted by Gasteiger charge is -2.22. The smallest absolute Gasteiger partial charge is 0.115 e. The molecule has 0 amide bonds. The van der Waals surface area contributed by atoms with Gasteiger partial charge in [-0.15, -0.1) is 0 Å². The highest BCUT2D eigenvalue weighted by Gasteiger charge is 2.12. The van der Waals surface area contributed by atoms with Gasteiger partial charge >= 0.3 is 0 Å². The van der Waals surface area contributed by atoms with Crippen LogP contribution in [-0.2, 0) is 11.3 Å². The fourth-order valence-electron chi connectivity index (χ4n) is 1.77. The summed E-state index contributed by atoms with van der Waals surface area (Å²) >= 11 is 0. The van der Waals surface area contributed by atoms with Gasteiger partial charge in [-0.2, -0.15) is 0 Å². The van der Waals surface area contributed by atoms with E-state index in [1.165, 1.54) is 0 Å². The van der Waals surface area contributed by atoms with Gasteiger partial charge < -0.3 is 15.2 Å². The van der Waals surface area contributed by atoms with Gasteiger partial charge in [-0.3, -0.25) is 0 Å². The van der Waals surface area contributed by atoms with Crippen LogP contribution in [0.5, 0.6) is 5.75 Å². The van der Waals surface area contributed by atoms with E-state index in [0.29, 0.717) is 18.5 Å². The number of hydrogen-bond acceptors (Lipinski definition) is 3. The molecule has 1 aliphatic rings. The molecule has 0 unspecified atom stereocenters. The van der Waals surface area contributed by atoms with E-state index < -0.39 is 0 Å². The predicted molar refractivity (Wildman–Crippen MR) is 58.8 cm³/mol. The summed E-state index contributed by atoms with van der Waals surface area (Å²) in [6.45, 7) is 2.76. The van der Waals surface area contributed by atoms with Crippen LogP contribution in [0.15, 0.2) is 24.3 Å². The molecule has 1 fully saturated rings. The molecule has 1 aromatic rings. The zero-order valence-corrected chi connectivity index (χ0v) is 8.78. The van der Waals surface area contributed by atoms with Crippen molar-refractivity contribution in [1.29, 1.82) is 0 Å². The zero-order chi connectivity index (χ0) is 10.5. The van der Waals surface area contributed by atoms with Gasteiger partial charge in [0, 0.05) is 0 Å². The van der Waals surface area contributed by atoms with Crippen molar-refractivity contribution in [1.82, 2.24) is 5.32 Å². The van der Waals surface area contributed by atoms with Crippen molar-refractivity contribution < 1.29 is 9.84 Å². The second-order valence-corrected chi connectivity index (χ2v) is 3.93. The summed E-state index contributed by atoms with van der Waals surface area (Å²) in [5, 5.41) is 12.4. The van der Waals surface area contributed by atoms with Crippen molar-refractivity contribution in [2.75, 3.05) is 13.1 Å². The van der Waals surface area contributed by atoms with Crippen LogP contribution in [0.4, 0.5) is 0 Å².